The Hall–Kier alpha value is -0.905. The average molecular weight is 396 g/mol. The van der Waals surface area contributed by atoms with Gasteiger partial charge in [0.1, 0.15) is 0 Å². The number of benzene rings is 1. The molecule has 0 aliphatic rings. The molecule has 0 fully saturated rings. The van der Waals surface area contributed by atoms with Crippen LogP contribution in [0.3, 0.4) is 0 Å². The van der Waals surface area contributed by atoms with Crippen LogP contribution in [0.2, 0.25) is 0 Å². The normalized spacial score (nSPS) is 8.67. The summed E-state index contributed by atoms with van der Waals surface area (Å²) in [6, 6.07) is 10.6. The molecule has 1 rings (SSSR count). The number of hydrogen-bond donors (Lipinski definition) is 2. The molecule has 0 bridgehead atoms. The van der Waals surface area contributed by atoms with Gasteiger partial charge in [-0.3, -0.25) is 9.59 Å². The van der Waals surface area contributed by atoms with Crippen molar-refractivity contribution in [3.8, 4) is 0 Å². The Morgan fingerprint density at radius 2 is 1.40 bits per heavy atom. The molecule has 1 aromatic carbocycles. The standard InChI is InChI=1S/C6H5.C4H6O4.Hg/c1-2-4-6-5-3-1;5-3(6)1-2-4(7)8;/h1-5H;1-2H2,(H,5,6)(H,7,8);. The van der Waals surface area contributed by atoms with Crippen LogP contribution in [0, 0.1) is 0 Å². The Morgan fingerprint density at radius 1 is 1.00 bits per heavy atom. The Bertz CT molecular complexity index is 296. The quantitative estimate of drug-likeness (QED) is 0.742. The van der Waals surface area contributed by atoms with Crippen molar-refractivity contribution in [1.82, 2.24) is 0 Å². The van der Waals surface area contributed by atoms with E-state index in [1.165, 1.54) is 3.07 Å². The van der Waals surface area contributed by atoms with E-state index in [-0.39, 0.29) is 12.8 Å². The molecule has 0 saturated carbocycles. The molecule has 0 aliphatic heterocycles. The molecule has 0 spiro atoms. The molecule has 77 valence electrons. The number of carboxylic acids is 2. The third kappa shape index (κ3) is 11.0. The molecular weight excluding hydrogens is 385 g/mol. The Kier molecular flexibility index (Phi) is 7.90. The number of carboxylic acid groups (broad SMARTS) is 2. The zero-order chi connectivity index (χ0) is 11.7. The summed E-state index contributed by atoms with van der Waals surface area (Å²) in [4.78, 5) is 19.3. The topological polar surface area (TPSA) is 74.6 Å². The molecule has 4 nitrogen and oxygen atoms in total. The zero-order valence-corrected chi connectivity index (χ0v) is 13.7. The molecule has 0 atom stereocenters. The van der Waals surface area contributed by atoms with Gasteiger partial charge in [-0.15, -0.1) is 0 Å². The fourth-order valence-electron chi connectivity index (χ4n) is 0.692. The summed E-state index contributed by atoms with van der Waals surface area (Å²) in [5, 5.41) is 15.8. The first-order valence-electron chi connectivity index (χ1n) is 4.33. The van der Waals surface area contributed by atoms with Crippen molar-refractivity contribution in [2.45, 2.75) is 12.8 Å². The summed E-state index contributed by atoms with van der Waals surface area (Å²) in [7, 11) is 0. The second-order valence-corrected chi connectivity index (χ2v) is 5.95. The van der Waals surface area contributed by atoms with Crippen molar-refractivity contribution < 1.29 is 45.9 Å². The molecule has 1 aromatic rings. The van der Waals surface area contributed by atoms with E-state index in [4.69, 9.17) is 10.2 Å². The second kappa shape index (κ2) is 8.41. The van der Waals surface area contributed by atoms with Crippen LogP contribution >= 0.6 is 0 Å². The molecule has 15 heavy (non-hydrogen) atoms. The summed E-state index contributed by atoms with van der Waals surface area (Å²) < 4.78 is 1.52. The number of rotatable bonds is 3. The van der Waals surface area contributed by atoms with E-state index in [0.717, 1.165) is 26.1 Å². The van der Waals surface area contributed by atoms with E-state index in [9.17, 15) is 9.59 Å². The summed E-state index contributed by atoms with van der Waals surface area (Å²) in [5.74, 6) is -2.15. The Labute approximate surface area is 104 Å². The molecule has 0 aromatic heterocycles. The predicted molar refractivity (Wildman–Crippen MR) is 50.6 cm³/mol. The summed E-state index contributed by atoms with van der Waals surface area (Å²) in [6.45, 7) is 0. The van der Waals surface area contributed by atoms with Crippen molar-refractivity contribution in [2.24, 2.45) is 0 Å². The van der Waals surface area contributed by atoms with Crippen molar-refractivity contribution in [3.63, 3.8) is 0 Å². The molecule has 0 heterocycles. The molecule has 0 aliphatic carbocycles. The van der Waals surface area contributed by atoms with Crippen molar-refractivity contribution in [3.05, 3.63) is 30.3 Å². The van der Waals surface area contributed by atoms with Crippen molar-refractivity contribution in [2.75, 3.05) is 0 Å². The molecular formula is C10H11HgO4. The van der Waals surface area contributed by atoms with Gasteiger partial charge >= 0.3 is 71.5 Å². The van der Waals surface area contributed by atoms with E-state index < -0.39 is 11.9 Å². The van der Waals surface area contributed by atoms with Gasteiger partial charge in [0, 0.05) is 0 Å². The van der Waals surface area contributed by atoms with Crippen LogP contribution in [0.5, 0.6) is 0 Å². The zero-order valence-electron chi connectivity index (χ0n) is 8.22. The average Bonchev–Trinajstić information content (AvgIpc) is 2.17. The van der Waals surface area contributed by atoms with Gasteiger partial charge in [-0.05, 0) is 0 Å². The molecule has 0 amide bonds. The Morgan fingerprint density at radius 3 is 1.60 bits per heavy atom. The Balaban J connectivity index is 0.000000262. The SMILES string of the molecule is O=C(O)CCC(=O)O.[Hg][c]1ccccc1. The summed E-state index contributed by atoms with van der Waals surface area (Å²) >= 11 is 0.810. The first kappa shape index (κ1) is 14.1. The molecule has 0 radical (unpaired) electrons. The minimum atomic E-state index is -1.08. The first-order valence-corrected chi connectivity index (χ1v) is 7.08. The van der Waals surface area contributed by atoms with Crippen LogP contribution in [-0.2, 0) is 35.7 Å². The van der Waals surface area contributed by atoms with Gasteiger partial charge in [0.25, 0.3) is 0 Å². The van der Waals surface area contributed by atoms with Gasteiger partial charge in [0.05, 0.1) is 12.8 Å². The molecule has 5 heteroatoms. The van der Waals surface area contributed by atoms with Gasteiger partial charge in [-0.1, -0.05) is 0 Å². The summed E-state index contributed by atoms with van der Waals surface area (Å²) in [6.07, 6.45) is -0.593. The molecule has 0 unspecified atom stereocenters. The maximum absolute atomic E-state index is 9.64. The van der Waals surface area contributed by atoms with Gasteiger partial charge in [0.15, 0.2) is 0 Å². The van der Waals surface area contributed by atoms with E-state index in [1.54, 1.807) is 0 Å². The van der Waals surface area contributed by atoms with Crippen LogP contribution in [0.25, 0.3) is 0 Å². The van der Waals surface area contributed by atoms with Crippen molar-refractivity contribution >= 4 is 15.0 Å². The van der Waals surface area contributed by atoms with Gasteiger partial charge < -0.3 is 10.2 Å². The van der Waals surface area contributed by atoms with Gasteiger partial charge in [-0.25, -0.2) is 0 Å². The predicted octanol–water partition coefficient (Wildman–Crippen LogP) is 0.794. The second-order valence-electron chi connectivity index (χ2n) is 2.77. The van der Waals surface area contributed by atoms with Crippen LogP contribution in [0.15, 0.2) is 30.3 Å². The fourth-order valence-corrected chi connectivity index (χ4v) is 1.75. The first-order chi connectivity index (χ1) is 7.02. The number of carbonyl (C=O) groups is 2. The molecule has 0 saturated heterocycles. The van der Waals surface area contributed by atoms with Crippen molar-refractivity contribution in [1.29, 1.82) is 0 Å². The maximum atomic E-state index is 9.64. The summed E-state index contributed by atoms with van der Waals surface area (Å²) in [5.41, 5.74) is 0. The van der Waals surface area contributed by atoms with Crippen LogP contribution in [0.1, 0.15) is 12.8 Å². The van der Waals surface area contributed by atoms with Crippen LogP contribution < -0.4 is 3.07 Å². The monoisotopic (exact) mass is 397 g/mol. The van der Waals surface area contributed by atoms with Gasteiger partial charge in [0.2, 0.25) is 0 Å². The number of aliphatic carboxylic acids is 2. The third-order valence-electron chi connectivity index (χ3n) is 1.40. The van der Waals surface area contributed by atoms with Crippen LogP contribution in [-0.4, -0.2) is 22.2 Å². The number of hydrogen-bond acceptors (Lipinski definition) is 2. The van der Waals surface area contributed by atoms with E-state index >= 15 is 0 Å². The van der Waals surface area contributed by atoms with Gasteiger partial charge in [-0.2, -0.15) is 0 Å². The van der Waals surface area contributed by atoms with E-state index in [2.05, 4.69) is 30.3 Å². The third-order valence-corrected chi connectivity index (χ3v) is 3.23. The van der Waals surface area contributed by atoms with E-state index in [1.807, 2.05) is 0 Å². The molecule has 2 N–H and O–H groups in total. The van der Waals surface area contributed by atoms with E-state index in [0.29, 0.717) is 0 Å². The minimum absolute atomic E-state index is 0.296. The fraction of sp³-hybridized carbons (Fsp3) is 0.200. The van der Waals surface area contributed by atoms with Crippen LogP contribution in [0.4, 0.5) is 0 Å².